The van der Waals surface area contributed by atoms with E-state index in [1.165, 1.54) is 0 Å². The van der Waals surface area contributed by atoms with E-state index in [1.54, 1.807) is 69.7 Å². The Bertz CT molecular complexity index is 1260. The molecule has 1 aliphatic heterocycles. The zero-order chi connectivity index (χ0) is 22.8. The van der Waals surface area contributed by atoms with Crippen LogP contribution in [-0.4, -0.2) is 26.0 Å². The lowest BCUT2D eigenvalue weighted by molar-refractivity contribution is 0.0733. The van der Waals surface area contributed by atoms with E-state index in [0.717, 1.165) is 5.56 Å². The van der Waals surface area contributed by atoms with Gasteiger partial charge in [0.25, 0.3) is 0 Å². The van der Waals surface area contributed by atoms with Gasteiger partial charge in [-0.3, -0.25) is 4.79 Å². The number of allylic oxidation sites excluding steroid dienone is 1. The molecule has 0 amide bonds. The fraction of sp³-hybridized carbons (Fsp3) is 0.154. The van der Waals surface area contributed by atoms with Crippen LogP contribution in [0.4, 0.5) is 0 Å². The minimum atomic E-state index is -0.469. The molecule has 32 heavy (non-hydrogen) atoms. The van der Waals surface area contributed by atoms with Gasteiger partial charge >= 0.3 is 5.97 Å². The molecule has 0 fully saturated rings. The number of hydrogen-bond acceptors (Lipinski definition) is 6. The van der Waals surface area contributed by atoms with E-state index < -0.39 is 5.97 Å². The number of methoxy groups -OCH3 is 2. The molecule has 0 aliphatic carbocycles. The highest BCUT2D eigenvalue weighted by Crippen LogP contribution is 2.38. The van der Waals surface area contributed by atoms with Gasteiger partial charge in [-0.15, -0.1) is 0 Å². The Hall–Kier alpha value is -4.06. The fourth-order valence-corrected chi connectivity index (χ4v) is 3.59. The summed E-state index contributed by atoms with van der Waals surface area (Å²) in [6, 6.07) is 15.7. The lowest BCUT2D eigenvalue weighted by Gasteiger charge is -2.09. The summed E-state index contributed by atoms with van der Waals surface area (Å²) in [4.78, 5) is 25.6. The third kappa shape index (κ3) is 3.95. The molecule has 0 spiro atoms. The molecule has 0 N–H and O–H groups in total. The largest absolute Gasteiger partial charge is 0.497 e. The summed E-state index contributed by atoms with van der Waals surface area (Å²) in [6.07, 6.45) is 1.61. The SMILES string of the molecule is COc1ccc(OC)c(/C=C2\Oc3cc(OC(=O)c4ccccc4C)cc(C)c3C2=O)c1. The quantitative estimate of drug-likeness (QED) is 0.316. The zero-order valence-corrected chi connectivity index (χ0v) is 18.2. The second-order valence-electron chi connectivity index (χ2n) is 7.37. The fourth-order valence-electron chi connectivity index (χ4n) is 3.59. The van der Waals surface area contributed by atoms with Crippen LogP contribution in [0.1, 0.15) is 37.4 Å². The van der Waals surface area contributed by atoms with Gasteiger partial charge in [0.05, 0.1) is 25.3 Å². The number of carbonyl (C=O) groups is 2. The Morgan fingerprint density at radius 1 is 0.906 bits per heavy atom. The van der Waals surface area contributed by atoms with Crippen LogP contribution in [0.5, 0.6) is 23.0 Å². The van der Waals surface area contributed by atoms with Gasteiger partial charge in [0.1, 0.15) is 23.0 Å². The van der Waals surface area contributed by atoms with Gasteiger partial charge in [0.15, 0.2) is 5.76 Å². The highest BCUT2D eigenvalue weighted by Gasteiger charge is 2.30. The number of ether oxygens (including phenoxy) is 4. The van der Waals surface area contributed by atoms with Crippen molar-refractivity contribution in [3.05, 3.63) is 88.2 Å². The van der Waals surface area contributed by atoms with Crippen molar-refractivity contribution in [2.24, 2.45) is 0 Å². The van der Waals surface area contributed by atoms with Gasteiger partial charge in [-0.25, -0.2) is 4.79 Å². The molecule has 0 radical (unpaired) electrons. The molecule has 0 bridgehead atoms. The molecule has 6 heteroatoms. The van der Waals surface area contributed by atoms with Gasteiger partial charge in [-0.2, -0.15) is 0 Å². The zero-order valence-electron chi connectivity index (χ0n) is 18.2. The smallest absolute Gasteiger partial charge is 0.343 e. The Labute approximate surface area is 186 Å². The maximum atomic E-state index is 13.0. The molecule has 162 valence electrons. The van der Waals surface area contributed by atoms with E-state index in [-0.39, 0.29) is 11.5 Å². The van der Waals surface area contributed by atoms with Crippen molar-refractivity contribution < 1.29 is 28.5 Å². The highest BCUT2D eigenvalue weighted by molar-refractivity contribution is 6.15. The third-order valence-corrected chi connectivity index (χ3v) is 5.24. The number of fused-ring (bicyclic) bond motifs is 1. The number of Topliss-reactive ketones (excluding diaryl/α,β-unsaturated/α-hetero) is 1. The maximum Gasteiger partial charge on any atom is 0.343 e. The van der Waals surface area contributed by atoms with E-state index in [9.17, 15) is 9.59 Å². The minimum Gasteiger partial charge on any atom is -0.497 e. The average molecular weight is 430 g/mol. The molecule has 0 aromatic heterocycles. The summed E-state index contributed by atoms with van der Waals surface area (Å²) in [5.41, 5.74) is 3.04. The van der Waals surface area contributed by atoms with Crippen molar-refractivity contribution in [3.8, 4) is 23.0 Å². The maximum absolute atomic E-state index is 13.0. The van der Waals surface area contributed by atoms with Gasteiger partial charge in [0.2, 0.25) is 5.78 Å². The van der Waals surface area contributed by atoms with Crippen molar-refractivity contribution in [2.75, 3.05) is 14.2 Å². The number of aryl methyl sites for hydroxylation is 2. The van der Waals surface area contributed by atoms with E-state index in [4.69, 9.17) is 18.9 Å². The van der Waals surface area contributed by atoms with Crippen LogP contribution in [0.15, 0.2) is 60.4 Å². The van der Waals surface area contributed by atoms with Crippen LogP contribution in [-0.2, 0) is 0 Å². The number of ketones is 1. The monoisotopic (exact) mass is 430 g/mol. The summed E-state index contributed by atoms with van der Waals surface area (Å²) in [5.74, 6) is 1.29. The van der Waals surface area contributed by atoms with Gasteiger partial charge < -0.3 is 18.9 Å². The molecular weight excluding hydrogens is 408 g/mol. The summed E-state index contributed by atoms with van der Waals surface area (Å²) in [7, 11) is 3.12. The predicted octanol–water partition coefficient (Wildman–Crippen LogP) is 5.16. The normalized spacial score (nSPS) is 13.5. The summed E-state index contributed by atoms with van der Waals surface area (Å²) >= 11 is 0. The average Bonchev–Trinajstić information content (AvgIpc) is 3.09. The summed E-state index contributed by atoms with van der Waals surface area (Å²) < 4.78 is 22.1. The van der Waals surface area contributed by atoms with Crippen molar-refractivity contribution in [3.63, 3.8) is 0 Å². The topological polar surface area (TPSA) is 71.1 Å². The number of benzene rings is 3. The third-order valence-electron chi connectivity index (χ3n) is 5.24. The Morgan fingerprint density at radius 3 is 2.41 bits per heavy atom. The standard InChI is InChI=1S/C26H22O6/c1-15-7-5-6-8-20(15)26(28)31-19-11-16(2)24-22(14-19)32-23(25(24)27)13-17-12-18(29-3)9-10-21(17)30-4/h5-14H,1-4H3/b23-13-. The van der Waals surface area contributed by atoms with Crippen LogP contribution in [0.2, 0.25) is 0 Å². The van der Waals surface area contributed by atoms with Gasteiger partial charge in [-0.1, -0.05) is 18.2 Å². The second-order valence-corrected chi connectivity index (χ2v) is 7.37. The van der Waals surface area contributed by atoms with E-state index >= 15 is 0 Å². The lowest BCUT2D eigenvalue weighted by atomic mass is 10.0. The molecule has 4 rings (SSSR count). The first-order valence-corrected chi connectivity index (χ1v) is 10.00. The molecule has 1 heterocycles. The lowest BCUT2D eigenvalue weighted by Crippen LogP contribution is -2.10. The first-order chi connectivity index (χ1) is 15.4. The molecule has 0 unspecified atom stereocenters. The molecule has 0 atom stereocenters. The second kappa shape index (κ2) is 8.59. The predicted molar refractivity (Wildman–Crippen MR) is 120 cm³/mol. The number of carbonyl (C=O) groups excluding carboxylic acids is 2. The highest BCUT2D eigenvalue weighted by atomic mass is 16.5. The van der Waals surface area contributed by atoms with Crippen molar-refractivity contribution in [2.45, 2.75) is 13.8 Å². The van der Waals surface area contributed by atoms with Crippen molar-refractivity contribution >= 4 is 17.8 Å². The molecule has 3 aromatic rings. The van der Waals surface area contributed by atoms with Crippen LogP contribution in [0.25, 0.3) is 6.08 Å². The molecule has 0 saturated carbocycles. The van der Waals surface area contributed by atoms with Gasteiger partial charge in [0, 0.05) is 11.6 Å². The first kappa shape index (κ1) is 21.2. The van der Waals surface area contributed by atoms with Crippen LogP contribution in [0, 0.1) is 13.8 Å². The Kier molecular flexibility index (Phi) is 5.69. The molecule has 1 aliphatic rings. The summed E-state index contributed by atoms with van der Waals surface area (Å²) in [6.45, 7) is 3.62. The number of esters is 1. The minimum absolute atomic E-state index is 0.150. The first-order valence-electron chi connectivity index (χ1n) is 10.00. The van der Waals surface area contributed by atoms with Crippen LogP contribution >= 0.6 is 0 Å². The number of hydrogen-bond donors (Lipinski definition) is 0. The van der Waals surface area contributed by atoms with Crippen LogP contribution in [0.3, 0.4) is 0 Å². The van der Waals surface area contributed by atoms with E-state index in [0.29, 0.717) is 45.3 Å². The van der Waals surface area contributed by atoms with Crippen molar-refractivity contribution in [1.82, 2.24) is 0 Å². The van der Waals surface area contributed by atoms with Crippen LogP contribution < -0.4 is 18.9 Å². The van der Waals surface area contributed by atoms with Gasteiger partial charge in [-0.05, 0) is 61.4 Å². The van der Waals surface area contributed by atoms with E-state index in [1.807, 2.05) is 19.1 Å². The van der Waals surface area contributed by atoms with E-state index in [2.05, 4.69) is 0 Å². The van der Waals surface area contributed by atoms with Crippen molar-refractivity contribution in [1.29, 1.82) is 0 Å². The Morgan fingerprint density at radius 2 is 1.69 bits per heavy atom. The number of rotatable bonds is 5. The Balaban J connectivity index is 1.65. The molecule has 0 saturated heterocycles. The molecule has 6 nitrogen and oxygen atoms in total. The molecular formula is C26H22O6. The summed E-state index contributed by atoms with van der Waals surface area (Å²) in [5, 5.41) is 0. The molecule has 3 aromatic carbocycles.